The molecule has 5 aromatic carbocycles. The van der Waals surface area contributed by atoms with Crippen LogP contribution in [0.5, 0.6) is 0 Å². The average molecular weight is 392 g/mol. The van der Waals surface area contributed by atoms with Crippen molar-refractivity contribution < 1.29 is 0 Å². The highest BCUT2D eigenvalue weighted by Gasteiger charge is 2.20. The number of hydrogen-bond acceptors (Lipinski definition) is 0. The fourth-order valence-electron chi connectivity index (χ4n) is 4.26. The Morgan fingerprint density at radius 3 is 1.16 bits per heavy atom. The van der Waals surface area contributed by atoms with Gasteiger partial charge in [0.15, 0.2) is 0 Å². The highest BCUT2D eigenvalue weighted by molar-refractivity contribution is 6.38. The molecule has 0 saturated carbocycles. The molecule has 0 N–H and O–H groups in total. The Kier molecular flexibility index (Phi) is 5.25. The molecule has 0 fully saturated rings. The average Bonchev–Trinajstić information content (AvgIpc) is 2.85. The van der Waals surface area contributed by atoms with Crippen LogP contribution in [0.25, 0.3) is 44.5 Å². The monoisotopic (exact) mass is 392 g/mol. The van der Waals surface area contributed by atoms with E-state index < -0.39 is 0 Å². The largest absolute Gasteiger partial charge is 0.114 e. The molecule has 0 heterocycles. The Morgan fingerprint density at radius 2 is 0.710 bits per heavy atom. The van der Waals surface area contributed by atoms with Crippen molar-refractivity contribution in [1.82, 2.24) is 0 Å². The minimum atomic E-state index is 0.781. The molecule has 0 aliphatic rings. The second kappa shape index (κ2) is 8.49. The maximum atomic E-state index is 6.78. The first-order valence-electron chi connectivity index (χ1n) is 10.5. The van der Waals surface area contributed by atoms with E-state index in [9.17, 15) is 0 Å². The lowest BCUT2D eigenvalue weighted by Crippen LogP contribution is -2.11. The van der Waals surface area contributed by atoms with Gasteiger partial charge in [0, 0.05) is 0 Å². The van der Waals surface area contributed by atoms with Gasteiger partial charge in [-0.15, -0.1) is 0 Å². The summed E-state index contributed by atoms with van der Waals surface area (Å²) in [6.45, 7) is 0. The maximum absolute atomic E-state index is 6.78. The summed E-state index contributed by atoms with van der Waals surface area (Å²) in [5.41, 5.74) is 9.97. The molecule has 31 heavy (non-hydrogen) atoms. The first-order chi connectivity index (χ1) is 15.3. The van der Waals surface area contributed by atoms with Crippen LogP contribution in [0.1, 0.15) is 0 Å². The van der Waals surface area contributed by atoms with Crippen LogP contribution >= 0.6 is 0 Å². The molecule has 0 aliphatic carbocycles. The zero-order valence-electron chi connectivity index (χ0n) is 17.2. The van der Waals surface area contributed by atoms with Crippen LogP contribution in [-0.4, -0.2) is 7.85 Å². The van der Waals surface area contributed by atoms with Gasteiger partial charge in [0.2, 0.25) is 0 Å². The predicted molar refractivity (Wildman–Crippen MR) is 134 cm³/mol. The van der Waals surface area contributed by atoms with E-state index in [4.69, 9.17) is 7.85 Å². The molecule has 0 aromatic heterocycles. The first kappa shape index (κ1) is 19.1. The van der Waals surface area contributed by atoms with Gasteiger partial charge in [0.1, 0.15) is 7.85 Å². The quantitative estimate of drug-likeness (QED) is 0.285. The third-order valence-electron chi connectivity index (χ3n) is 5.63. The summed E-state index contributed by atoms with van der Waals surface area (Å²) in [6.07, 6.45) is 0. The van der Waals surface area contributed by atoms with E-state index in [-0.39, 0.29) is 0 Å². The lowest BCUT2D eigenvalue weighted by atomic mass is 9.75. The van der Waals surface area contributed by atoms with E-state index >= 15 is 0 Å². The van der Waals surface area contributed by atoms with Crippen LogP contribution in [0.4, 0.5) is 0 Å². The topological polar surface area (TPSA) is 0 Å². The zero-order chi connectivity index (χ0) is 21.0. The summed E-state index contributed by atoms with van der Waals surface area (Å²) in [7, 11) is 6.78. The molecule has 0 atom stereocenters. The third kappa shape index (κ3) is 3.71. The minimum Gasteiger partial charge on any atom is -0.0877 e. The summed E-state index contributed by atoms with van der Waals surface area (Å²) in [5, 5.41) is 0. The molecule has 0 bridgehead atoms. The van der Waals surface area contributed by atoms with Gasteiger partial charge in [-0.25, -0.2) is 0 Å². The fourth-order valence-corrected chi connectivity index (χ4v) is 4.26. The van der Waals surface area contributed by atoms with Crippen LogP contribution < -0.4 is 5.46 Å². The van der Waals surface area contributed by atoms with Gasteiger partial charge < -0.3 is 0 Å². The molecule has 0 unspecified atom stereocenters. The SMILES string of the molecule is [B]c1cc(-c2ccccc2)c(-c2ccccc2)c(-c2ccccc2)c1-c1ccccc1. The second-order valence-corrected chi connectivity index (χ2v) is 7.60. The summed E-state index contributed by atoms with van der Waals surface area (Å²) < 4.78 is 0. The van der Waals surface area contributed by atoms with Crippen LogP contribution in [-0.2, 0) is 0 Å². The van der Waals surface area contributed by atoms with E-state index in [0.29, 0.717) is 0 Å². The Morgan fingerprint density at radius 1 is 0.355 bits per heavy atom. The summed E-state index contributed by atoms with van der Waals surface area (Å²) in [5.74, 6) is 0. The molecule has 2 radical (unpaired) electrons. The molecule has 144 valence electrons. The van der Waals surface area contributed by atoms with E-state index in [1.165, 1.54) is 11.1 Å². The number of benzene rings is 5. The molecule has 0 nitrogen and oxygen atoms in total. The second-order valence-electron chi connectivity index (χ2n) is 7.60. The molecule has 5 aromatic rings. The molecule has 1 heteroatoms. The number of rotatable bonds is 4. The molecule has 5 rings (SSSR count). The summed E-state index contributed by atoms with van der Waals surface area (Å²) in [6, 6.07) is 44.2. The Balaban J connectivity index is 1.95. The molecular weight excluding hydrogens is 371 g/mol. The van der Waals surface area contributed by atoms with E-state index in [1.807, 2.05) is 12.1 Å². The van der Waals surface area contributed by atoms with Gasteiger partial charge in [0.05, 0.1) is 0 Å². The van der Waals surface area contributed by atoms with Crippen molar-refractivity contribution in [2.75, 3.05) is 0 Å². The van der Waals surface area contributed by atoms with Gasteiger partial charge >= 0.3 is 0 Å². The molecule has 0 aliphatic heterocycles. The number of hydrogen-bond donors (Lipinski definition) is 0. The van der Waals surface area contributed by atoms with E-state index in [0.717, 1.165) is 38.8 Å². The van der Waals surface area contributed by atoms with Crippen LogP contribution in [0, 0.1) is 0 Å². The Hall–Kier alpha value is -3.84. The van der Waals surface area contributed by atoms with Crippen molar-refractivity contribution in [3.63, 3.8) is 0 Å². The standard InChI is InChI=1S/C30H21B/c31-27-21-26(22-13-5-1-6-14-22)28(23-15-7-2-8-16-23)30(25-19-11-4-12-20-25)29(27)24-17-9-3-10-18-24/h1-21H. The van der Waals surface area contributed by atoms with Crippen LogP contribution in [0.2, 0.25) is 0 Å². The normalized spacial score (nSPS) is 10.7. The summed E-state index contributed by atoms with van der Waals surface area (Å²) in [4.78, 5) is 0. The van der Waals surface area contributed by atoms with Gasteiger partial charge in [-0.3, -0.25) is 0 Å². The van der Waals surface area contributed by atoms with E-state index in [2.05, 4.69) is 115 Å². The van der Waals surface area contributed by atoms with Gasteiger partial charge in [-0.05, 0) is 44.5 Å². The molecule has 0 amide bonds. The zero-order valence-corrected chi connectivity index (χ0v) is 17.2. The smallest absolute Gasteiger partial charge is 0.0877 e. The lowest BCUT2D eigenvalue weighted by Gasteiger charge is -2.23. The van der Waals surface area contributed by atoms with Crippen molar-refractivity contribution >= 4 is 13.3 Å². The highest BCUT2D eigenvalue weighted by atomic mass is 14.2. The molecule has 0 spiro atoms. The van der Waals surface area contributed by atoms with Crippen molar-refractivity contribution in [3.05, 3.63) is 127 Å². The van der Waals surface area contributed by atoms with Crippen molar-refractivity contribution in [1.29, 1.82) is 0 Å². The minimum absolute atomic E-state index is 0.781. The van der Waals surface area contributed by atoms with Crippen LogP contribution in [0.3, 0.4) is 0 Å². The Bertz CT molecular complexity index is 1290. The third-order valence-corrected chi connectivity index (χ3v) is 5.63. The fraction of sp³-hybridized carbons (Fsp3) is 0. The maximum Gasteiger partial charge on any atom is 0.114 e. The highest BCUT2D eigenvalue weighted by Crippen LogP contribution is 2.44. The van der Waals surface area contributed by atoms with Gasteiger partial charge in [-0.1, -0.05) is 133 Å². The van der Waals surface area contributed by atoms with E-state index in [1.54, 1.807) is 0 Å². The molecule has 0 saturated heterocycles. The van der Waals surface area contributed by atoms with Gasteiger partial charge in [-0.2, -0.15) is 0 Å². The van der Waals surface area contributed by atoms with Crippen molar-refractivity contribution in [2.24, 2.45) is 0 Å². The van der Waals surface area contributed by atoms with Gasteiger partial charge in [0.25, 0.3) is 0 Å². The predicted octanol–water partition coefficient (Wildman–Crippen LogP) is 7.15. The summed E-state index contributed by atoms with van der Waals surface area (Å²) >= 11 is 0. The molecular formula is C30H21B. The van der Waals surface area contributed by atoms with Crippen molar-refractivity contribution in [3.8, 4) is 44.5 Å². The van der Waals surface area contributed by atoms with Crippen molar-refractivity contribution in [2.45, 2.75) is 0 Å². The Labute approximate surface area is 185 Å². The van der Waals surface area contributed by atoms with Crippen LogP contribution in [0.15, 0.2) is 127 Å². The first-order valence-corrected chi connectivity index (χ1v) is 10.5. The lowest BCUT2D eigenvalue weighted by molar-refractivity contribution is 1.56.